The molecule has 0 unspecified atom stereocenters. The van der Waals surface area contributed by atoms with E-state index in [0.29, 0.717) is 13.0 Å². The molecule has 0 bridgehead atoms. The molecule has 2 aliphatic rings. The van der Waals surface area contributed by atoms with Gasteiger partial charge in [0.2, 0.25) is 0 Å². The van der Waals surface area contributed by atoms with Crippen LogP contribution >= 0.6 is 0 Å². The maximum Gasteiger partial charge on any atom is 0.308 e. The Bertz CT molecular complexity index is 501. The summed E-state index contributed by atoms with van der Waals surface area (Å²) in [4.78, 5) is 22.2. The van der Waals surface area contributed by atoms with Crippen LogP contribution in [0.15, 0.2) is 0 Å². The van der Waals surface area contributed by atoms with Gasteiger partial charge in [-0.3, -0.25) is 4.79 Å². The fourth-order valence-electron chi connectivity index (χ4n) is 2.95. The van der Waals surface area contributed by atoms with Crippen molar-refractivity contribution >= 4 is 11.8 Å². The molecule has 0 aromatic carbocycles. The minimum Gasteiger partial charge on any atom is -0.481 e. The maximum absolute atomic E-state index is 11.0. The van der Waals surface area contributed by atoms with Gasteiger partial charge < -0.3 is 10.0 Å². The van der Waals surface area contributed by atoms with Gasteiger partial charge >= 0.3 is 5.97 Å². The Morgan fingerprint density at radius 3 is 2.94 bits per heavy atom. The third-order valence-corrected chi connectivity index (χ3v) is 3.86. The van der Waals surface area contributed by atoms with Gasteiger partial charge in [-0.1, -0.05) is 0 Å². The first-order chi connectivity index (χ1) is 8.65. The van der Waals surface area contributed by atoms with Crippen LogP contribution in [0.3, 0.4) is 0 Å². The average molecular weight is 247 g/mol. The molecular weight excluding hydrogens is 230 g/mol. The number of aliphatic carboxylic acids is 1. The quantitative estimate of drug-likeness (QED) is 0.850. The van der Waals surface area contributed by atoms with Crippen LogP contribution in [0.4, 0.5) is 5.82 Å². The molecule has 1 aliphatic heterocycles. The molecule has 1 aromatic rings. The number of fused-ring (bicyclic) bond motifs is 1. The number of carboxylic acid groups (broad SMARTS) is 1. The Labute approximate surface area is 106 Å². The highest BCUT2D eigenvalue weighted by Crippen LogP contribution is 2.31. The van der Waals surface area contributed by atoms with E-state index in [1.54, 1.807) is 0 Å². The number of nitrogens with zero attached hydrogens (tertiary/aromatic N) is 3. The molecule has 5 heteroatoms. The van der Waals surface area contributed by atoms with Crippen LogP contribution in [0.25, 0.3) is 0 Å². The third-order valence-electron chi connectivity index (χ3n) is 3.86. The number of anilines is 1. The minimum atomic E-state index is -0.695. The van der Waals surface area contributed by atoms with Crippen molar-refractivity contribution in [2.24, 2.45) is 5.92 Å². The van der Waals surface area contributed by atoms with Crippen LogP contribution in [-0.4, -0.2) is 34.1 Å². The van der Waals surface area contributed by atoms with Crippen molar-refractivity contribution in [1.82, 2.24) is 9.97 Å². The lowest BCUT2D eigenvalue weighted by Crippen LogP contribution is -2.25. The SMILES string of the molecule is Cc1nc2c(c(N3CC[C@H](C(=O)O)C3)n1)CCC2. The molecule has 1 aromatic heterocycles. The first-order valence-corrected chi connectivity index (χ1v) is 6.49. The first-order valence-electron chi connectivity index (χ1n) is 6.49. The Balaban J connectivity index is 1.91. The third kappa shape index (κ3) is 1.83. The summed E-state index contributed by atoms with van der Waals surface area (Å²) in [5, 5.41) is 9.07. The van der Waals surface area contributed by atoms with Gasteiger partial charge in [-0.25, -0.2) is 9.97 Å². The number of aryl methyl sites for hydroxylation is 2. The summed E-state index contributed by atoms with van der Waals surface area (Å²) in [5.74, 6) is 0.834. The van der Waals surface area contributed by atoms with Crippen molar-refractivity contribution in [3.63, 3.8) is 0 Å². The summed E-state index contributed by atoms with van der Waals surface area (Å²) >= 11 is 0. The predicted octanol–water partition coefficient (Wildman–Crippen LogP) is 1.18. The summed E-state index contributed by atoms with van der Waals surface area (Å²) < 4.78 is 0. The first kappa shape index (κ1) is 11.4. The summed E-state index contributed by atoms with van der Waals surface area (Å²) in [5.41, 5.74) is 2.41. The summed E-state index contributed by atoms with van der Waals surface area (Å²) in [6.45, 7) is 3.28. The smallest absolute Gasteiger partial charge is 0.308 e. The Hall–Kier alpha value is -1.65. The zero-order chi connectivity index (χ0) is 12.7. The zero-order valence-electron chi connectivity index (χ0n) is 10.5. The van der Waals surface area contributed by atoms with Crippen LogP contribution in [0.2, 0.25) is 0 Å². The zero-order valence-corrected chi connectivity index (χ0v) is 10.5. The van der Waals surface area contributed by atoms with E-state index in [-0.39, 0.29) is 5.92 Å². The number of rotatable bonds is 2. The van der Waals surface area contributed by atoms with E-state index < -0.39 is 5.97 Å². The Morgan fingerprint density at radius 1 is 1.39 bits per heavy atom. The molecule has 1 N–H and O–H groups in total. The van der Waals surface area contributed by atoms with Crippen LogP contribution in [0, 0.1) is 12.8 Å². The lowest BCUT2D eigenvalue weighted by Gasteiger charge is -2.20. The molecule has 0 radical (unpaired) electrons. The second kappa shape index (κ2) is 4.23. The van der Waals surface area contributed by atoms with Gasteiger partial charge in [0.25, 0.3) is 0 Å². The topological polar surface area (TPSA) is 66.3 Å². The van der Waals surface area contributed by atoms with Crippen molar-refractivity contribution < 1.29 is 9.90 Å². The fraction of sp³-hybridized carbons (Fsp3) is 0.615. The van der Waals surface area contributed by atoms with E-state index in [0.717, 1.165) is 43.1 Å². The summed E-state index contributed by atoms with van der Waals surface area (Å²) in [7, 11) is 0. The second-order valence-electron chi connectivity index (χ2n) is 5.14. The second-order valence-corrected chi connectivity index (χ2v) is 5.14. The molecule has 5 nitrogen and oxygen atoms in total. The lowest BCUT2D eigenvalue weighted by atomic mass is 10.1. The predicted molar refractivity (Wildman–Crippen MR) is 66.7 cm³/mol. The molecule has 0 spiro atoms. The number of carbonyl (C=O) groups is 1. The van der Waals surface area contributed by atoms with Gasteiger partial charge in [0, 0.05) is 24.3 Å². The van der Waals surface area contributed by atoms with Gasteiger partial charge in [-0.05, 0) is 32.6 Å². The largest absolute Gasteiger partial charge is 0.481 e. The van der Waals surface area contributed by atoms with Gasteiger partial charge in [0.15, 0.2) is 0 Å². The van der Waals surface area contributed by atoms with E-state index in [9.17, 15) is 4.79 Å². The van der Waals surface area contributed by atoms with Gasteiger partial charge in [0.05, 0.1) is 5.92 Å². The molecule has 2 heterocycles. The van der Waals surface area contributed by atoms with Gasteiger partial charge in [-0.2, -0.15) is 0 Å². The van der Waals surface area contributed by atoms with E-state index in [2.05, 4.69) is 14.9 Å². The molecule has 96 valence electrons. The number of carboxylic acids is 1. The van der Waals surface area contributed by atoms with E-state index in [4.69, 9.17) is 5.11 Å². The van der Waals surface area contributed by atoms with E-state index in [1.165, 1.54) is 5.56 Å². The number of aromatic nitrogens is 2. The molecule has 1 fully saturated rings. The van der Waals surface area contributed by atoms with Gasteiger partial charge in [-0.15, -0.1) is 0 Å². The van der Waals surface area contributed by atoms with Crippen molar-refractivity contribution in [3.05, 3.63) is 17.1 Å². The van der Waals surface area contributed by atoms with Crippen LogP contribution in [0.1, 0.15) is 29.9 Å². The monoisotopic (exact) mass is 247 g/mol. The summed E-state index contributed by atoms with van der Waals surface area (Å²) in [6.07, 6.45) is 3.91. The molecule has 1 aliphatic carbocycles. The highest BCUT2D eigenvalue weighted by Gasteiger charge is 2.31. The van der Waals surface area contributed by atoms with Crippen LogP contribution < -0.4 is 4.90 Å². The molecule has 18 heavy (non-hydrogen) atoms. The Morgan fingerprint density at radius 2 is 2.22 bits per heavy atom. The van der Waals surface area contributed by atoms with Crippen LogP contribution in [-0.2, 0) is 17.6 Å². The summed E-state index contributed by atoms with van der Waals surface area (Å²) in [6, 6.07) is 0. The average Bonchev–Trinajstić information content (AvgIpc) is 2.95. The fourth-order valence-corrected chi connectivity index (χ4v) is 2.95. The molecule has 0 saturated carbocycles. The normalized spacial score (nSPS) is 22.3. The van der Waals surface area contributed by atoms with Crippen molar-refractivity contribution in [2.45, 2.75) is 32.6 Å². The van der Waals surface area contributed by atoms with E-state index >= 15 is 0 Å². The lowest BCUT2D eigenvalue weighted by molar-refractivity contribution is -0.140. The Kier molecular flexibility index (Phi) is 2.69. The van der Waals surface area contributed by atoms with E-state index in [1.807, 2.05) is 6.92 Å². The molecule has 3 rings (SSSR count). The number of hydrogen-bond donors (Lipinski definition) is 1. The van der Waals surface area contributed by atoms with Crippen molar-refractivity contribution in [2.75, 3.05) is 18.0 Å². The molecule has 1 saturated heterocycles. The molecule has 1 atom stereocenters. The molecular formula is C13H17N3O2. The number of hydrogen-bond acceptors (Lipinski definition) is 4. The molecule has 0 amide bonds. The van der Waals surface area contributed by atoms with Crippen molar-refractivity contribution in [3.8, 4) is 0 Å². The standard InChI is InChI=1S/C13H17N3O2/c1-8-14-11-4-2-3-10(11)12(15-8)16-6-5-9(7-16)13(17)18/h9H,2-7H2,1H3,(H,17,18)/t9-/m0/s1. The van der Waals surface area contributed by atoms with Crippen LogP contribution in [0.5, 0.6) is 0 Å². The van der Waals surface area contributed by atoms with Gasteiger partial charge in [0.1, 0.15) is 11.6 Å². The highest BCUT2D eigenvalue weighted by molar-refractivity contribution is 5.72. The van der Waals surface area contributed by atoms with Crippen molar-refractivity contribution in [1.29, 1.82) is 0 Å². The minimum absolute atomic E-state index is 0.252. The highest BCUT2D eigenvalue weighted by atomic mass is 16.4. The maximum atomic E-state index is 11.0.